The third-order valence-corrected chi connectivity index (χ3v) is 9.78. The lowest BCUT2D eigenvalue weighted by atomic mass is 10.1. The number of unbranched alkanes of at least 4 members (excludes halogenated alkanes) is 2. The molecule has 0 spiro atoms. The van der Waals surface area contributed by atoms with Gasteiger partial charge in [0.25, 0.3) is 0 Å². The molecular weight excluding hydrogens is 734 g/mol. The molecule has 4 aromatic rings. The maximum absolute atomic E-state index is 12.9. The average molecular weight is 792 g/mol. The van der Waals surface area contributed by atoms with Crippen molar-refractivity contribution in [2.24, 2.45) is 5.92 Å². The van der Waals surface area contributed by atoms with Crippen molar-refractivity contribution in [3.63, 3.8) is 0 Å². The van der Waals surface area contributed by atoms with Crippen LogP contribution in [0, 0.1) is 5.92 Å². The summed E-state index contributed by atoms with van der Waals surface area (Å²) in [6.07, 6.45) is 7.15. The monoisotopic (exact) mass is 791 g/mol. The van der Waals surface area contributed by atoms with E-state index in [-0.39, 0.29) is 30.7 Å². The molecule has 4 heterocycles. The van der Waals surface area contributed by atoms with Gasteiger partial charge in [0, 0.05) is 56.9 Å². The molecule has 2 amide bonds. The van der Waals surface area contributed by atoms with Crippen LogP contribution in [-0.2, 0) is 50.0 Å². The van der Waals surface area contributed by atoms with E-state index in [1.54, 1.807) is 24.9 Å². The number of carboxylic acids is 1. The van der Waals surface area contributed by atoms with Gasteiger partial charge in [-0.2, -0.15) is 4.98 Å². The number of fused-ring (bicyclic) bond motifs is 1. The lowest BCUT2D eigenvalue weighted by Gasteiger charge is -2.35. The molecule has 3 aromatic heterocycles. The minimum absolute atomic E-state index is 0.0843. The van der Waals surface area contributed by atoms with E-state index < -0.39 is 11.9 Å². The first kappa shape index (κ1) is 42.8. The number of carbonyl (C=O) groups is 3. The first-order valence-corrected chi connectivity index (χ1v) is 19.7. The van der Waals surface area contributed by atoms with Gasteiger partial charge in [0.15, 0.2) is 5.82 Å². The van der Waals surface area contributed by atoms with Crippen molar-refractivity contribution in [1.82, 2.24) is 44.6 Å². The summed E-state index contributed by atoms with van der Waals surface area (Å²) < 4.78 is 20.9. The summed E-state index contributed by atoms with van der Waals surface area (Å²) in [5.74, 6) is -0.102. The zero-order chi connectivity index (χ0) is 40.6. The number of nitrogens with two attached hydrogens (primary N) is 1. The van der Waals surface area contributed by atoms with Crippen molar-refractivity contribution in [3.05, 3.63) is 53.5 Å². The standard InChI is InChI=1S/C39H57N11O7/c1-4-5-6-11-41-37-36-32(43-39(40)44-37)9-12-49(36)26-30-8-7-29(23-33(30)55-3)25-47-13-15-48(16-14-47)34(51)10-18-56-20-21-57-19-17-50-27-31(45-46-50)24-42-38(54)28(2)22-35(52)53/h7-9,12,23,27-28H,4-6,10-11,13-22,24-26H2,1-3H3,(H,42,54)(H,52,53)(H3,40,41,43,44). The number of nitrogens with one attached hydrogen (secondary N) is 2. The predicted molar refractivity (Wildman–Crippen MR) is 213 cm³/mol. The Labute approximate surface area is 333 Å². The van der Waals surface area contributed by atoms with Gasteiger partial charge in [0.1, 0.15) is 17.0 Å². The maximum Gasteiger partial charge on any atom is 0.304 e. The summed E-state index contributed by atoms with van der Waals surface area (Å²) in [6, 6.07) is 8.32. The van der Waals surface area contributed by atoms with Crippen LogP contribution in [0.1, 0.15) is 62.8 Å². The van der Waals surface area contributed by atoms with E-state index in [9.17, 15) is 14.4 Å². The van der Waals surface area contributed by atoms with Gasteiger partial charge in [-0.3, -0.25) is 19.3 Å². The van der Waals surface area contributed by atoms with Crippen LogP contribution in [0.3, 0.4) is 0 Å². The van der Waals surface area contributed by atoms with Gasteiger partial charge in [-0.05, 0) is 24.1 Å². The fourth-order valence-electron chi connectivity index (χ4n) is 6.61. The summed E-state index contributed by atoms with van der Waals surface area (Å²) in [5, 5.41) is 23.0. The van der Waals surface area contributed by atoms with Gasteiger partial charge in [-0.25, -0.2) is 9.67 Å². The average Bonchev–Trinajstić information content (AvgIpc) is 3.83. The van der Waals surface area contributed by atoms with Crippen LogP contribution >= 0.6 is 0 Å². The topological polar surface area (TPSA) is 217 Å². The molecule has 18 heteroatoms. The van der Waals surface area contributed by atoms with Crippen LogP contribution in [0.25, 0.3) is 11.0 Å². The number of amides is 2. The molecule has 0 saturated carbocycles. The predicted octanol–water partition coefficient (Wildman–Crippen LogP) is 2.76. The van der Waals surface area contributed by atoms with E-state index in [0.29, 0.717) is 64.7 Å². The van der Waals surface area contributed by atoms with E-state index >= 15 is 0 Å². The number of anilines is 2. The number of nitrogen functional groups attached to an aromatic ring is 1. The SMILES string of the molecule is CCCCCNc1nc(N)nc2ccn(Cc3ccc(CN4CCN(C(=O)CCOCCOCCn5cc(CNC(=O)C(C)CC(=O)O)nn5)CC4)cc3OC)c12. The minimum Gasteiger partial charge on any atom is -0.496 e. The number of ether oxygens (including phenoxy) is 3. The Balaban J connectivity index is 0.963. The highest BCUT2D eigenvalue weighted by atomic mass is 16.5. The van der Waals surface area contributed by atoms with Crippen LogP contribution in [-0.4, -0.2) is 128 Å². The molecule has 0 bridgehead atoms. The second-order valence-corrected chi connectivity index (χ2v) is 14.2. The molecule has 1 saturated heterocycles. The van der Waals surface area contributed by atoms with Crippen LogP contribution < -0.4 is 21.1 Å². The number of rotatable bonds is 24. The first-order chi connectivity index (χ1) is 27.6. The van der Waals surface area contributed by atoms with Crippen molar-refractivity contribution >= 4 is 40.6 Å². The second-order valence-electron chi connectivity index (χ2n) is 14.2. The van der Waals surface area contributed by atoms with Gasteiger partial charge >= 0.3 is 5.97 Å². The first-order valence-electron chi connectivity index (χ1n) is 19.7. The zero-order valence-corrected chi connectivity index (χ0v) is 33.3. The summed E-state index contributed by atoms with van der Waals surface area (Å²) in [7, 11) is 1.70. The lowest BCUT2D eigenvalue weighted by Crippen LogP contribution is -2.48. The highest BCUT2D eigenvalue weighted by molar-refractivity contribution is 5.87. The molecule has 310 valence electrons. The third-order valence-electron chi connectivity index (χ3n) is 9.78. The fraction of sp³-hybridized carbons (Fsp3) is 0.564. The van der Waals surface area contributed by atoms with Crippen molar-refractivity contribution in [2.75, 3.05) is 77.3 Å². The third kappa shape index (κ3) is 13.1. The molecule has 1 fully saturated rings. The molecule has 1 aromatic carbocycles. The van der Waals surface area contributed by atoms with Crippen LogP contribution in [0.5, 0.6) is 5.75 Å². The molecule has 18 nitrogen and oxygen atoms in total. The highest BCUT2D eigenvalue weighted by Crippen LogP contribution is 2.27. The maximum atomic E-state index is 12.9. The van der Waals surface area contributed by atoms with Crippen LogP contribution in [0.2, 0.25) is 0 Å². The second kappa shape index (κ2) is 21.8. The minimum atomic E-state index is -1.02. The molecule has 0 radical (unpaired) electrons. The number of aliphatic carboxylic acids is 1. The molecule has 0 aliphatic carbocycles. The van der Waals surface area contributed by atoms with E-state index in [0.717, 1.165) is 79.2 Å². The van der Waals surface area contributed by atoms with Gasteiger partial charge in [-0.15, -0.1) is 5.10 Å². The van der Waals surface area contributed by atoms with Crippen molar-refractivity contribution in [3.8, 4) is 5.75 Å². The summed E-state index contributed by atoms with van der Waals surface area (Å²) in [6.45, 7) is 10.9. The van der Waals surface area contributed by atoms with E-state index in [1.165, 1.54) is 0 Å². The van der Waals surface area contributed by atoms with Gasteiger partial charge in [0.05, 0.1) is 77.7 Å². The molecule has 1 unspecified atom stereocenters. The number of aromatic nitrogens is 6. The van der Waals surface area contributed by atoms with Crippen molar-refractivity contribution < 1.29 is 33.7 Å². The number of piperazine rings is 1. The number of carbonyl (C=O) groups excluding carboxylic acids is 2. The molecule has 1 atom stereocenters. The number of hydrogen-bond acceptors (Lipinski definition) is 13. The summed E-state index contributed by atoms with van der Waals surface area (Å²) in [4.78, 5) is 48.8. The molecule has 5 N–H and O–H groups in total. The van der Waals surface area contributed by atoms with Crippen LogP contribution in [0.4, 0.5) is 11.8 Å². The Bertz CT molecular complexity index is 1910. The Morgan fingerprint density at radius 1 is 1.00 bits per heavy atom. The van der Waals surface area contributed by atoms with Gasteiger partial charge < -0.3 is 45.2 Å². The van der Waals surface area contributed by atoms with Crippen LogP contribution in [0.15, 0.2) is 36.7 Å². The van der Waals surface area contributed by atoms with Crippen molar-refractivity contribution in [2.45, 2.75) is 72.1 Å². The van der Waals surface area contributed by atoms with E-state index in [1.807, 2.05) is 17.2 Å². The molecule has 1 aliphatic heterocycles. The van der Waals surface area contributed by atoms with Crippen molar-refractivity contribution in [1.29, 1.82) is 0 Å². The quantitative estimate of drug-likeness (QED) is 0.0751. The smallest absolute Gasteiger partial charge is 0.304 e. The van der Waals surface area contributed by atoms with Gasteiger partial charge in [-0.1, -0.05) is 44.0 Å². The largest absolute Gasteiger partial charge is 0.496 e. The normalized spacial score (nSPS) is 13.8. The van der Waals surface area contributed by atoms with E-state index in [2.05, 4.69) is 65.5 Å². The Hall–Kier alpha value is -5.33. The molecule has 57 heavy (non-hydrogen) atoms. The van der Waals surface area contributed by atoms with Gasteiger partial charge in [0.2, 0.25) is 17.8 Å². The highest BCUT2D eigenvalue weighted by Gasteiger charge is 2.22. The Morgan fingerprint density at radius 2 is 1.79 bits per heavy atom. The number of carboxylic acid groups (broad SMARTS) is 1. The number of methoxy groups -OCH3 is 1. The Kier molecular flexibility index (Phi) is 16.4. The van der Waals surface area contributed by atoms with E-state index in [4.69, 9.17) is 25.1 Å². The molecule has 1 aliphatic rings. The number of nitrogens with zero attached hydrogens (tertiary/aromatic N) is 8. The zero-order valence-electron chi connectivity index (χ0n) is 33.3. The molecular formula is C39H57N11O7. The summed E-state index contributed by atoms with van der Waals surface area (Å²) in [5.41, 5.74) is 10.5. The number of hydrogen-bond donors (Lipinski definition) is 4. The number of benzene rings is 1. The lowest BCUT2D eigenvalue weighted by molar-refractivity contribution is -0.140. The fourth-order valence-corrected chi connectivity index (χ4v) is 6.61. The summed E-state index contributed by atoms with van der Waals surface area (Å²) >= 11 is 0. The molecule has 5 rings (SSSR count). The Morgan fingerprint density at radius 3 is 2.54 bits per heavy atom.